The van der Waals surface area contributed by atoms with Crippen molar-refractivity contribution < 1.29 is 14.3 Å². The largest absolute Gasteiger partial charge is 0.382 e. The number of hydrogen-bond donors (Lipinski definition) is 2. The van der Waals surface area contributed by atoms with Crippen LogP contribution in [0.4, 0.5) is 0 Å². The maximum atomic E-state index is 11.8. The van der Waals surface area contributed by atoms with E-state index in [0.717, 1.165) is 12.0 Å². The van der Waals surface area contributed by atoms with E-state index in [1.165, 1.54) is 0 Å². The molecule has 0 radical (unpaired) electrons. The van der Waals surface area contributed by atoms with E-state index >= 15 is 0 Å². The van der Waals surface area contributed by atoms with Gasteiger partial charge in [0.15, 0.2) is 0 Å². The van der Waals surface area contributed by atoms with Gasteiger partial charge in [-0.1, -0.05) is 12.1 Å². The summed E-state index contributed by atoms with van der Waals surface area (Å²) in [4.78, 5) is 11.8. The second-order valence-electron chi connectivity index (χ2n) is 4.12. The Morgan fingerprint density at radius 1 is 1.32 bits per heavy atom. The Bertz CT molecular complexity index is 383. The van der Waals surface area contributed by atoms with Crippen molar-refractivity contribution in [2.75, 3.05) is 33.5 Å². The van der Waals surface area contributed by atoms with Crippen molar-refractivity contribution in [1.29, 1.82) is 0 Å². The van der Waals surface area contributed by atoms with Crippen LogP contribution in [0.5, 0.6) is 0 Å². The molecule has 0 saturated carbocycles. The van der Waals surface area contributed by atoms with Gasteiger partial charge >= 0.3 is 0 Å². The van der Waals surface area contributed by atoms with Gasteiger partial charge < -0.3 is 20.5 Å². The van der Waals surface area contributed by atoms with E-state index in [-0.39, 0.29) is 5.91 Å². The Balaban J connectivity index is 2.20. The fourth-order valence-electron chi connectivity index (χ4n) is 1.56. The summed E-state index contributed by atoms with van der Waals surface area (Å²) >= 11 is 0. The molecule has 0 unspecified atom stereocenters. The number of nitrogens with one attached hydrogen (secondary N) is 1. The fraction of sp³-hybridized carbons (Fsp3) is 0.500. The molecule has 5 heteroatoms. The summed E-state index contributed by atoms with van der Waals surface area (Å²) < 4.78 is 10.2. The highest BCUT2D eigenvalue weighted by Gasteiger charge is 2.04. The van der Waals surface area contributed by atoms with Gasteiger partial charge in [0, 0.05) is 32.4 Å². The average molecular weight is 266 g/mol. The van der Waals surface area contributed by atoms with Gasteiger partial charge in [0.05, 0.1) is 13.2 Å². The SMILES string of the molecule is COCCOCCCNC(=O)c1cccc(CN)c1. The van der Waals surface area contributed by atoms with Crippen LogP contribution < -0.4 is 11.1 Å². The highest BCUT2D eigenvalue weighted by atomic mass is 16.5. The van der Waals surface area contributed by atoms with Gasteiger partial charge in [0.1, 0.15) is 0 Å². The zero-order valence-electron chi connectivity index (χ0n) is 11.4. The third kappa shape index (κ3) is 6.33. The lowest BCUT2D eigenvalue weighted by molar-refractivity contribution is 0.0688. The Labute approximate surface area is 114 Å². The van der Waals surface area contributed by atoms with Crippen LogP contribution in [-0.2, 0) is 16.0 Å². The van der Waals surface area contributed by atoms with Crippen LogP contribution in [-0.4, -0.2) is 39.4 Å². The first-order valence-electron chi connectivity index (χ1n) is 6.42. The van der Waals surface area contributed by atoms with Crippen molar-refractivity contribution in [3.63, 3.8) is 0 Å². The molecule has 1 aromatic carbocycles. The van der Waals surface area contributed by atoms with Crippen molar-refractivity contribution in [3.05, 3.63) is 35.4 Å². The minimum Gasteiger partial charge on any atom is -0.382 e. The molecule has 0 aliphatic heterocycles. The Kier molecular flexibility index (Phi) is 7.81. The van der Waals surface area contributed by atoms with Crippen LogP contribution in [0, 0.1) is 0 Å². The standard InChI is InChI=1S/C14H22N2O3/c1-18-8-9-19-7-3-6-16-14(17)13-5-2-4-12(10-13)11-15/h2,4-5,10H,3,6-9,11,15H2,1H3,(H,16,17). The number of benzene rings is 1. The van der Waals surface area contributed by atoms with Crippen LogP contribution in [0.15, 0.2) is 24.3 Å². The van der Waals surface area contributed by atoms with Gasteiger partial charge in [-0.15, -0.1) is 0 Å². The maximum absolute atomic E-state index is 11.8. The van der Waals surface area contributed by atoms with E-state index in [4.69, 9.17) is 15.2 Å². The highest BCUT2D eigenvalue weighted by molar-refractivity contribution is 5.94. The van der Waals surface area contributed by atoms with Crippen molar-refractivity contribution in [2.24, 2.45) is 5.73 Å². The van der Waals surface area contributed by atoms with Crippen molar-refractivity contribution >= 4 is 5.91 Å². The van der Waals surface area contributed by atoms with E-state index in [9.17, 15) is 4.79 Å². The molecule has 0 heterocycles. The highest BCUT2D eigenvalue weighted by Crippen LogP contribution is 2.04. The predicted octanol–water partition coefficient (Wildman–Crippen LogP) is 0.928. The molecule has 1 rings (SSSR count). The first kappa shape index (κ1) is 15.6. The van der Waals surface area contributed by atoms with E-state index in [0.29, 0.717) is 38.5 Å². The van der Waals surface area contributed by atoms with Crippen LogP contribution >= 0.6 is 0 Å². The number of nitrogens with two attached hydrogens (primary N) is 1. The fourth-order valence-corrected chi connectivity index (χ4v) is 1.56. The van der Waals surface area contributed by atoms with Gasteiger partial charge in [0.25, 0.3) is 5.91 Å². The average Bonchev–Trinajstić information content (AvgIpc) is 2.46. The van der Waals surface area contributed by atoms with Crippen LogP contribution in [0.3, 0.4) is 0 Å². The molecule has 5 nitrogen and oxygen atoms in total. The quantitative estimate of drug-likeness (QED) is 0.652. The monoisotopic (exact) mass is 266 g/mol. The third-order valence-corrected chi connectivity index (χ3v) is 2.61. The minimum atomic E-state index is -0.0767. The molecule has 1 amide bonds. The molecule has 0 aliphatic rings. The zero-order chi connectivity index (χ0) is 13.9. The molecule has 0 saturated heterocycles. The van der Waals surface area contributed by atoms with Crippen LogP contribution in [0.25, 0.3) is 0 Å². The first-order chi connectivity index (χ1) is 9.27. The van der Waals surface area contributed by atoms with Crippen LogP contribution in [0.1, 0.15) is 22.3 Å². The Hall–Kier alpha value is -1.43. The van der Waals surface area contributed by atoms with Gasteiger partial charge in [-0.25, -0.2) is 0 Å². The van der Waals surface area contributed by atoms with Gasteiger partial charge in [-0.2, -0.15) is 0 Å². The van der Waals surface area contributed by atoms with E-state index in [2.05, 4.69) is 5.32 Å². The lowest BCUT2D eigenvalue weighted by atomic mass is 10.1. The molecule has 3 N–H and O–H groups in total. The molecule has 0 aromatic heterocycles. The second-order valence-corrected chi connectivity index (χ2v) is 4.12. The smallest absolute Gasteiger partial charge is 0.251 e. The molecular weight excluding hydrogens is 244 g/mol. The molecule has 19 heavy (non-hydrogen) atoms. The maximum Gasteiger partial charge on any atom is 0.251 e. The molecule has 0 aliphatic carbocycles. The zero-order valence-corrected chi connectivity index (χ0v) is 11.4. The summed E-state index contributed by atoms with van der Waals surface area (Å²) in [5, 5.41) is 2.85. The summed E-state index contributed by atoms with van der Waals surface area (Å²) in [6, 6.07) is 7.33. The topological polar surface area (TPSA) is 73.6 Å². The van der Waals surface area contributed by atoms with E-state index in [1.54, 1.807) is 13.2 Å². The summed E-state index contributed by atoms with van der Waals surface area (Å²) in [5.41, 5.74) is 7.14. The van der Waals surface area contributed by atoms with Gasteiger partial charge in [-0.3, -0.25) is 4.79 Å². The van der Waals surface area contributed by atoms with Crippen molar-refractivity contribution in [2.45, 2.75) is 13.0 Å². The molecule has 0 atom stereocenters. The summed E-state index contributed by atoms with van der Waals surface area (Å²) in [5.74, 6) is -0.0767. The molecule has 0 spiro atoms. The first-order valence-corrected chi connectivity index (χ1v) is 6.42. The number of rotatable bonds is 9. The van der Waals surface area contributed by atoms with E-state index < -0.39 is 0 Å². The Morgan fingerprint density at radius 2 is 2.16 bits per heavy atom. The normalized spacial score (nSPS) is 10.4. The number of carbonyl (C=O) groups excluding carboxylic acids is 1. The number of carbonyl (C=O) groups is 1. The van der Waals surface area contributed by atoms with Crippen LogP contribution in [0.2, 0.25) is 0 Å². The number of ether oxygens (including phenoxy) is 2. The van der Waals surface area contributed by atoms with Crippen molar-refractivity contribution in [1.82, 2.24) is 5.32 Å². The number of methoxy groups -OCH3 is 1. The van der Waals surface area contributed by atoms with Gasteiger partial charge in [-0.05, 0) is 24.1 Å². The second kappa shape index (κ2) is 9.49. The summed E-state index contributed by atoms with van der Waals surface area (Å²) in [6.45, 7) is 2.83. The molecule has 0 bridgehead atoms. The van der Waals surface area contributed by atoms with Crippen molar-refractivity contribution in [3.8, 4) is 0 Å². The van der Waals surface area contributed by atoms with E-state index in [1.807, 2.05) is 18.2 Å². The molecule has 0 fully saturated rings. The predicted molar refractivity (Wildman–Crippen MR) is 74.0 cm³/mol. The minimum absolute atomic E-state index is 0.0767. The molecule has 1 aromatic rings. The Morgan fingerprint density at radius 3 is 2.89 bits per heavy atom. The molecule has 106 valence electrons. The summed E-state index contributed by atoms with van der Waals surface area (Å²) in [6.07, 6.45) is 0.784. The number of amides is 1. The van der Waals surface area contributed by atoms with Gasteiger partial charge in [0.2, 0.25) is 0 Å². The third-order valence-electron chi connectivity index (χ3n) is 2.61. The lowest BCUT2D eigenvalue weighted by Crippen LogP contribution is -2.25. The molecular formula is C14H22N2O3. The number of hydrogen-bond acceptors (Lipinski definition) is 4. The summed E-state index contributed by atoms with van der Waals surface area (Å²) in [7, 11) is 1.64. The lowest BCUT2D eigenvalue weighted by Gasteiger charge is -2.07.